The maximum atomic E-state index is 4.13. The summed E-state index contributed by atoms with van der Waals surface area (Å²) in [6.07, 6.45) is 4.75. The first-order valence-electron chi connectivity index (χ1n) is 4.14. The first-order chi connectivity index (χ1) is 5.93. The molecule has 0 saturated heterocycles. The lowest BCUT2D eigenvalue weighted by Crippen LogP contribution is -2.14. The highest BCUT2D eigenvalue weighted by atomic mass is 32.1. The van der Waals surface area contributed by atoms with Gasteiger partial charge >= 0.3 is 0 Å². The van der Waals surface area contributed by atoms with E-state index in [4.69, 9.17) is 0 Å². The summed E-state index contributed by atoms with van der Waals surface area (Å²) in [7, 11) is 0. The van der Waals surface area contributed by atoms with Crippen LogP contribution >= 0.6 is 12.6 Å². The third kappa shape index (κ3) is 3.74. The molecule has 0 unspecified atom stereocenters. The maximum absolute atomic E-state index is 4.13. The van der Waals surface area contributed by atoms with Gasteiger partial charge in [0.2, 0.25) is 0 Å². The summed E-state index contributed by atoms with van der Waals surface area (Å²) in [4.78, 5) is 3.95. The molecule has 2 nitrogen and oxygen atoms in total. The minimum Gasteiger partial charge on any atom is -0.313 e. The van der Waals surface area contributed by atoms with Gasteiger partial charge in [-0.25, -0.2) is 0 Å². The molecule has 0 aliphatic carbocycles. The standard InChI is InChI=1S/C9H14N2S/c12-7-1-4-11-8-9-2-5-10-6-3-9/h2-3,5-6,11-12H,1,4,7-8H2. The molecule has 0 fully saturated rings. The summed E-state index contributed by atoms with van der Waals surface area (Å²) < 4.78 is 0. The lowest BCUT2D eigenvalue weighted by molar-refractivity contribution is 0.679. The van der Waals surface area contributed by atoms with Crippen LogP contribution in [0.3, 0.4) is 0 Å². The molecule has 1 heterocycles. The van der Waals surface area contributed by atoms with Crippen LogP contribution in [-0.2, 0) is 6.54 Å². The van der Waals surface area contributed by atoms with Gasteiger partial charge in [-0.2, -0.15) is 12.6 Å². The van der Waals surface area contributed by atoms with Crippen molar-refractivity contribution in [1.82, 2.24) is 10.3 Å². The summed E-state index contributed by atoms with van der Waals surface area (Å²) in [5.41, 5.74) is 1.28. The number of nitrogens with zero attached hydrogens (tertiary/aromatic N) is 1. The predicted octanol–water partition coefficient (Wildman–Crippen LogP) is 1.49. The SMILES string of the molecule is SCCCNCc1ccncc1. The average Bonchev–Trinajstić information content (AvgIpc) is 2.14. The van der Waals surface area contributed by atoms with Gasteiger partial charge in [0.25, 0.3) is 0 Å². The van der Waals surface area contributed by atoms with Crippen molar-refractivity contribution >= 4 is 12.6 Å². The van der Waals surface area contributed by atoms with Crippen molar-refractivity contribution in [3.8, 4) is 0 Å². The summed E-state index contributed by atoms with van der Waals surface area (Å²) in [6, 6.07) is 4.04. The number of thiol groups is 1. The smallest absolute Gasteiger partial charge is 0.0271 e. The Labute approximate surface area is 78.8 Å². The molecule has 0 aromatic carbocycles. The van der Waals surface area contributed by atoms with E-state index in [0.29, 0.717) is 0 Å². The Hall–Kier alpha value is -0.540. The van der Waals surface area contributed by atoms with Crippen molar-refractivity contribution in [1.29, 1.82) is 0 Å². The van der Waals surface area contributed by atoms with Gasteiger partial charge < -0.3 is 5.32 Å². The van der Waals surface area contributed by atoms with Crippen LogP contribution < -0.4 is 5.32 Å². The van der Waals surface area contributed by atoms with Crippen LogP contribution in [0.1, 0.15) is 12.0 Å². The molecule has 3 heteroatoms. The van der Waals surface area contributed by atoms with Gasteiger partial charge in [-0.3, -0.25) is 4.98 Å². The minimum absolute atomic E-state index is 0.927. The molecule has 66 valence electrons. The van der Waals surface area contributed by atoms with E-state index in [1.165, 1.54) is 5.56 Å². The number of hydrogen-bond donors (Lipinski definition) is 2. The topological polar surface area (TPSA) is 24.9 Å². The molecule has 0 aliphatic rings. The monoisotopic (exact) mass is 182 g/mol. The lowest BCUT2D eigenvalue weighted by Gasteiger charge is -2.02. The molecule has 1 aromatic heterocycles. The van der Waals surface area contributed by atoms with Crippen molar-refractivity contribution in [2.45, 2.75) is 13.0 Å². The molecule has 1 aromatic rings. The fourth-order valence-corrected chi connectivity index (χ4v) is 1.10. The molecular formula is C9H14N2S. The number of nitrogens with one attached hydrogen (secondary N) is 1. The molecule has 0 atom stereocenters. The first-order valence-corrected chi connectivity index (χ1v) is 4.77. The van der Waals surface area contributed by atoms with Crippen molar-refractivity contribution in [2.75, 3.05) is 12.3 Å². The van der Waals surface area contributed by atoms with Gasteiger partial charge in [0.1, 0.15) is 0 Å². The number of rotatable bonds is 5. The summed E-state index contributed by atoms with van der Waals surface area (Å²) in [5.74, 6) is 0.948. The second kappa shape index (κ2) is 6.03. The molecule has 0 radical (unpaired) electrons. The molecule has 0 bridgehead atoms. The van der Waals surface area contributed by atoms with Gasteiger partial charge in [-0.1, -0.05) is 0 Å². The Balaban J connectivity index is 2.16. The van der Waals surface area contributed by atoms with E-state index >= 15 is 0 Å². The molecule has 1 N–H and O–H groups in total. The van der Waals surface area contributed by atoms with E-state index in [1.54, 1.807) is 0 Å². The van der Waals surface area contributed by atoms with Gasteiger partial charge in [0.05, 0.1) is 0 Å². The van der Waals surface area contributed by atoms with E-state index in [1.807, 2.05) is 24.5 Å². The van der Waals surface area contributed by atoms with E-state index in [0.717, 1.165) is 25.3 Å². The first kappa shape index (κ1) is 9.55. The van der Waals surface area contributed by atoms with E-state index in [-0.39, 0.29) is 0 Å². The predicted molar refractivity (Wildman–Crippen MR) is 54.4 cm³/mol. The van der Waals surface area contributed by atoms with Gasteiger partial charge in [-0.15, -0.1) is 0 Å². The van der Waals surface area contributed by atoms with Crippen LogP contribution in [0.25, 0.3) is 0 Å². The van der Waals surface area contributed by atoms with Crippen molar-refractivity contribution < 1.29 is 0 Å². The van der Waals surface area contributed by atoms with Crippen LogP contribution in [0.5, 0.6) is 0 Å². The van der Waals surface area contributed by atoms with Crippen LogP contribution in [0.2, 0.25) is 0 Å². The fraction of sp³-hybridized carbons (Fsp3) is 0.444. The summed E-state index contributed by atoms with van der Waals surface area (Å²) in [5, 5.41) is 3.33. The highest BCUT2D eigenvalue weighted by Crippen LogP contribution is 1.94. The summed E-state index contributed by atoms with van der Waals surface area (Å²) in [6.45, 7) is 1.96. The average molecular weight is 182 g/mol. The molecule has 0 spiro atoms. The van der Waals surface area contributed by atoms with Crippen LogP contribution in [-0.4, -0.2) is 17.3 Å². The Bertz CT molecular complexity index is 201. The third-order valence-corrected chi connectivity index (χ3v) is 1.91. The van der Waals surface area contributed by atoms with Gasteiger partial charge in [0, 0.05) is 18.9 Å². The van der Waals surface area contributed by atoms with E-state index in [9.17, 15) is 0 Å². The number of pyridine rings is 1. The summed E-state index contributed by atoms with van der Waals surface area (Å²) >= 11 is 4.13. The second-order valence-corrected chi connectivity index (χ2v) is 3.06. The van der Waals surface area contributed by atoms with Crippen molar-refractivity contribution in [3.05, 3.63) is 30.1 Å². The minimum atomic E-state index is 0.927. The Morgan fingerprint density at radius 1 is 1.33 bits per heavy atom. The van der Waals surface area contributed by atoms with Crippen LogP contribution in [0.4, 0.5) is 0 Å². The quantitative estimate of drug-likeness (QED) is 0.533. The Kier molecular flexibility index (Phi) is 4.80. The zero-order valence-corrected chi connectivity index (χ0v) is 7.93. The Morgan fingerprint density at radius 3 is 2.75 bits per heavy atom. The van der Waals surface area contributed by atoms with Crippen LogP contribution in [0.15, 0.2) is 24.5 Å². The molecule has 0 aliphatic heterocycles. The highest BCUT2D eigenvalue weighted by molar-refractivity contribution is 7.80. The maximum Gasteiger partial charge on any atom is 0.0271 e. The van der Waals surface area contributed by atoms with Crippen LogP contribution in [0, 0.1) is 0 Å². The highest BCUT2D eigenvalue weighted by Gasteiger charge is 1.89. The molecular weight excluding hydrogens is 168 g/mol. The van der Waals surface area contributed by atoms with E-state index < -0.39 is 0 Å². The fourth-order valence-electron chi connectivity index (χ4n) is 0.937. The zero-order chi connectivity index (χ0) is 8.65. The molecule has 12 heavy (non-hydrogen) atoms. The van der Waals surface area contributed by atoms with Crippen molar-refractivity contribution in [3.63, 3.8) is 0 Å². The lowest BCUT2D eigenvalue weighted by atomic mass is 10.3. The molecule has 0 saturated carbocycles. The number of aromatic nitrogens is 1. The zero-order valence-electron chi connectivity index (χ0n) is 7.03. The molecule has 1 rings (SSSR count). The molecule has 0 amide bonds. The largest absolute Gasteiger partial charge is 0.313 e. The third-order valence-electron chi connectivity index (χ3n) is 1.59. The number of hydrogen-bond acceptors (Lipinski definition) is 3. The van der Waals surface area contributed by atoms with Crippen molar-refractivity contribution in [2.24, 2.45) is 0 Å². The Morgan fingerprint density at radius 2 is 2.08 bits per heavy atom. The normalized spacial score (nSPS) is 10.1. The second-order valence-electron chi connectivity index (χ2n) is 2.61. The van der Waals surface area contributed by atoms with Gasteiger partial charge in [0.15, 0.2) is 0 Å². The van der Waals surface area contributed by atoms with E-state index in [2.05, 4.69) is 22.9 Å². The van der Waals surface area contributed by atoms with Gasteiger partial charge in [-0.05, 0) is 36.4 Å².